The average molecular weight is 379 g/mol. The highest BCUT2D eigenvalue weighted by Crippen LogP contribution is 2.28. The van der Waals surface area contributed by atoms with Gasteiger partial charge in [0, 0.05) is 30.0 Å². The number of ether oxygens (including phenoxy) is 2. The lowest BCUT2D eigenvalue weighted by Crippen LogP contribution is -2.30. The zero-order valence-corrected chi connectivity index (χ0v) is 15.0. The molecular formula is C17H19BrN2O3. The van der Waals surface area contributed by atoms with E-state index >= 15 is 0 Å². The van der Waals surface area contributed by atoms with Crippen LogP contribution in [0.3, 0.4) is 0 Å². The molecule has 2 aromatic rings. The lowest BCUT2D eigenvalue weighted by Gasteiger charge is -2.21. The number of methoxy groups -OCH3 is 2. The molecule has 2 rings (SSSR count). The van der Waals surface area contributed by atoms with Crippen LogP contribution in [0.4, 0.5) is 0 Å². The molecule has 0 aliphatic heterocycles. The number of nitrogens with zero attached hydrogens (tertiary/aromatic N) is 2. The largest absolute Gasteiger partial charge is 0.493 e. The molecule has 5 nitrogen and oxygen atoms in total. The summed E-state index contributed by atoms with van der Waals surface area (Å²) in [6.07, 6.45) is 3.23. The topological polar surface area (TPSA) is 51.7 Å². The maximum atomic E-state index is 12.6. The summed E-state index contributed by atoms with van der Waals surface area (Å²) >= 11 is 3.34. The first-order valence-corrected chi connectivity index (χ1v) is 7.99. The number of hydrogen-bond acceptors (Lipinski definition) is 4. The van der Waals surface area contributed by atoms with Gasteiger partial charge in [-0.2, -0.15) is 0 Å². The molecule has 0 aliphatic rings. The number of rotatable bonds is 6. The van der Waals surface area contributed by atoms with Gasteiger partial charge in [-0.05, 0) is 46.6 Å². The number of halogens is 1. The molecule has 1 heterocycles. The number of amides is 1. The van der Waals surface area contributed by atoms with Crippen molar-refractivity contribution < 1.29 is 14.3 Å². The Morgan fingerprint density at radius 2 is 1.91 bits per heavy atom. The second kappa shape index (κ2) is 7.97. The van der Waals surface area contributed by atoms with Crippen molar-refractivity contribution in [1.29, 1.82) is 0 Å². The zero-order valence-electron chi connectivity index (χ0n) is 13.4. The highest BCUT2D eigenvalue weighted by atomic mass is 79.9. The van der Waals surface area contributed by atoms with Crippen LogP contribution < -0.4 is 9.47 Å². The van der Waals surface area contributed by atoms with E-state index in [2.05, 4.69) is 20.9 Å². The Labute approximate surface area is 144 Å². The second-order valence-electron chi connectivity index (χ2n) is 4.90. The second-order valence-corrected chi connectivity index (χ2v) is 5.82. The van der Waals surface area contributed by atoms with Gasteiger partial charge in [0.25, 0.3) is 5.91 Å². The summed E-state index contributed by atoms with van der Waals surface area (Å²) in [4.78, 5) is 18.4. The molecule has 0 aliphatic carbocycles. The van der Waals surface area contributed by atoms with Crippen molar-refractivity contribution >= 4 is 21.8 Å². The molecule has 0 atom stereocenters. The predicted molar refractivity (Wildman–Crippen MR) is 91.9 cm³/mol. The molecule has 1 amide bonds. The van der Waals surface area contributed by atoms with E-state index in [1.807, 2.05) is 25.1 Å². The third-order valence-electron chi connectivity index (χ3n) is 3.44. The first kappa shape index (κ1) is 17.3. The van der Waals surface area contributed by atoms with Crippen LogP contribution in [0, 0.1) is 0 Å². The fourth-order valence-electron chi connectivity index (χ4n) is 2.24. The molecule has 0 saturated heterocycles. The number of pyridine rings is 1. The number of benzene rings is 1. The molecule has 0 unspecified atom stereocenters. The highest BCUT2D eigenvalue weighted by molar-refractivity contribution is 9.10. The van der Waals surface area contributed by atoms with Gasteiger partial charge in [0.05, 0.1) is 19.8 Å². The molecule has 1 aromatic heterocycles. The van der Waals surface area contributed by atoms with Crippen molar-refractivity contribution in [3.05, 3.63) is 52.3 Å². The van der Waals surface area contributed by atoms with E-state index in [0.717, 1.165) is 10.0 Å². The van der Waals surface area contributed by atoms with E-state index in [0.29, 0.717) is 30.2 Å². The molecule has 6 heteroatoms. The van der Waals surface area contributed by atoms with Crippen LogP contribution in [0.15, 0.2) is 41.1 Å². The highest BCUT2D eigenvalue weighted by Gasteiger charge is 2.16. The van der Waals surface area contributed by atoms with Gasteiger partial charge < -0.3 is 14.4 Å². The van der Waals surface area contributed by atoms with Gasteiger partial charge in [-0.25, -0.2) is 0 Å². The molecule has 122 valence electrons. The van der Waals surface area contributed by atoms with Crippen molar-refractivity contribution in [1.82, 2.24) is 9.88 Å². The Kier molecular flexibility index (Phi) is 5.98. The van der Waals surface area contributed by atoms with Crippen LogP contribution in [0.1, 0.15) is 22.8 Å². The molecule has 1 aromatic carbocycles. The lowest BCUT2D eigenvalue weighted by molar-refractivity contribution is 0.0752. The van der Waals surface area contributed by atoms with Crippen molar-refractivity contribution in [2.24, 2.45) is 0 Å². The van der Waals surface area contributed by atoms with Crippen LogP contribution in [-0.4, -0.2) is 36.6 Å². The van der Waals surface area contributed by atoms with E-state index in [4.69, 9.17) is 9.47 Å². The van der Waals surface area contributed by atoms with E-state index in [1.165, 1.54) is 0 Å². The summed E-state index contributed by atoms with van der Waals surface area (Å²) in [5.41, 5.74) is 1.53. The quantitative estimate of drug-likeness (QED) is 0.771. The Hall–Kier alpha value is -2.08. The van der Waals surface area contributed by atoms with Gasteiger partial charge in [-0.15, -0.1) is 0 Å². The minimum atomic E-state index is -0.0592. The molecule has 0 radical (unpaired) electrons. The standard InChI is InChI=1S/C17H19BrN2O3/c1-4-20(17(21)13-8-14(18)10-19-9-13)11-12-5-6-15(22-2)16(7-12)23-3/h5-10H,4,11H2,1-3H3. The van der Waals surface area contributed by atoms with E-state index < -0.39 is 0 Å². The fourth-order valence-corrected chi connectivity index (χ4v) is 2.60. The fraction of sp³-hybridized carbons (Fsp3) is 0.294. The van der Waals surface area contributed by atoms with Crippen LogP contribution in [0.25, 0.3) is 0 Å². The van der Waals surface area contributed by atoms with E-state index in [9.17, 15) is 4.79 Å². The summed E-state index contributed by atoms with van der Waals surface area (Å²) < 4.78 is 11.3. The molecule has 0 fully saturated rings. The number of hydrogen-bond donors (Lipinski definition) is 0. The van der Waals surface area contributed by atoms with Crippen molar-refractivity contribution in [3.8, 4) is 11.5 Å². The minimum absolute atomic E-state index is 0.0592. The van der Waals surface area contributed by atoms with Crippen LogP contribution in [0.2, 0.25) is 0 Å². The Balaban J connectivity index is 2.20. The van der Waals surface area contributed by atoms with Gasteiger partial charge in [-0.1, -0.05) is 6.07 Å². The van der Waals surface area contributed by atoms with Gasteiger partial charge in [0.2, 0.25) is 0 Å². The van der Waals surface area contributed by atoms with Crippen LogP contribution in [-0.2, 0) is 6.54 Å². The average Bonchev–Trinajstić information content (AvgIpc) is 2.58. The number of carbonyl (C=O) groups is 1. The summed E-state index contributed by atoms with van der Waals surface area (Å²) in [5.74, 6) is 1.26. The Bertz CT molecular complexity index is 691. The molecular weight excluding hydrogens is 360 g/mol. The van der Waals surface area contributed by atoms with Gasteiger partial charge in [0.1, 0.15) is 0 Å². The van der Waals surface area contributed by atoms with Crippen molar-refractivity contribution in [2.75, 3.05) is 20.8 Å². The molecule has 0 spiro atoms. The maximum absolute atomic E-state index is 12.6. The molecule has 0 N–H and O–H groups in total. The Morgan fingerprint density at radius 3 is 2.52 bits per heavy atom. The summed E-state index contributed by atoms with van der Waals surface area (Å²) in [6, 6.07) is 7.42. The van der Waals surface area contributed by atoms with Crippen LogP contribution in [0.5, 0.6) is 11.5 Å². The number of aromatic nitrogens is 1. The lowest BCUT2D eigenvalue weighted by atomic mass is 10.1. The predicted octanol–water partition coefficient (Wildman–Crippen LogP) is 3.52. The summed E-state index contributed by atoms with van der Waals surface area (Å²) in [6.45, 7) is 3.03. The zero-order chi connectivity index (χ0) is 16.8. The molecule has 0 saturated carbocycles. The monoisotopic (exact) mass is 378 g/mol. The van der Waals surface area contributed by atoms with Crippen LogP contribution >= 0.6 is 15.9 Å². The van der Waals surface area contributed by atoms with Crippen molar-refractivity contribution in [3.63, 3.8) is 0 Å². The number of carbonyl (C=O) groups excluding carboxylic acids is 1. The summed E-state index contributed by atoms with van der Waals surface area (Å²) in [7, 11) is 3.19. The normalized spacial score (nSPS) is 10.3. The van der Waals surface area contributed by atoms with Gasteiger partial charge >= 0.3 is 0 Å². The third-order valence-corrected chi connectivity index (χ3v) is 3.88. The van der Waals surface area contributed by atoms with Gasteiger partial charge in [0.15, 0.2) is 11.5 Å². The first-order valence-electron chi connectivity index (χ1n) is 7.19. The third kappa shape index (κ3) is 4.22. The maximum Gasteiger partial charge on any atom is 0.255 e. The molecule has 0 bridgehead atoms. The Morgan fingerprint density at radius 1 is 1.17 bits per heavy atom. The smallest absolute Gasteiger partial charge is 0.255 e. The van der Waals surface area contributed by atoms with Gasteiger partial charge in [-0.3, -0.25) is 9.78 Å². The summed E-state index contributed by atoms with van der Waals surface area (Å²) in [5, 5.41) is 0. The molecule has 23 heavy (non-hydrogen) atoms. The minimum Gasteiger partial charge on any atom is -0.493 e. The van der Waals surface area contributed by atoms with E-state index in [-0.39, 0.29) is 5.91 Å². The SMILES string of the molecule is CCN(Cc1ccc(OC)c(OC)c1)C(=O)c1cncc(Br)c1. The van der Waals surface area contributed by atoms with E-state index in [1.54, 1.807) is 37.6 Å². The first-order chi connectivity index (χ1) is 11.1. The van der Waals surface area contributed by atoms with Crippen molar-refractivity contribution in [2.45, 2.75) is 13.5 Å².